The normalized spacial score (nSPS) is 19.4. The molecule has 1 N–H and O–H groups in total. The van der Waals surface area contributed by atoms with Crippen molar-refractivity contribution in [2.24, 2.45) is 0 Å². The largest absolute Gasteiger partial charge is 0.497 e. The van der Waals surface area contributed by atoms with Crippen LogP contribution in [0.5, 0.6) is 5.75 Å². The minimum Gasteiger partial charge on any atom is -0.497 e. The fraction of sp³-hybridized carbons (Fsp3) is 0.348. The Morgan fingerprint density at radius 3 is 2.48 bits per heavy atom. The SMILES string of the molecule is COc1ccc(CN2C(=O)C3=C(CCCC3)C2NCc2ccccc2)cc1. The zero-order chi connectivity index (χ0) is 18.6. The number of benzene rings is 2. The summed E-state index contributed by atoms with van der Waals surface area (Å²) in [6, 6.07) is 18.4. The van der Waals surface area contributed by atoms with Crippen LogP contribution in [0, 0.1) is 0 Å². The Balaban J connectivity index is 1.54. The summed E-state index contributed by atoms with van der Waals surface area (Å²) in [6.07, 6.45) is 4.22. The van der Waals surface area contributed by atoms with Gasteiger partial charge in [0, 0.05) is 18.7 Å². The molecule has 0 aromatic heterocycles. The number of amides is 1. The van der Waals surface area contributed by atoms with Gasteiger partial charge in [0.05, 0.1) is 7.11 Å². The number of ether oxygens (including phenoxy) is 1. The van der Waals surface area contributed by atoms with Gasteiger partial charge in [0.2, 0.25) is 0 Å². The molecule has 1 unspecified atom stereocenters. The van der Waals surface area contributed by atoms with Gasteiger partial charge in [-0.05, 0) is 54.5 Å². The summed E-state index contributed by atoms with van der Waals surface area (Å²) >= 11 is 0. The molecule has 1 aliphatic carbocycles. The third-order valence-corrected chi connectivity index (χ3v) is 5.53. The van der Waals surface area contributed by atoms with Crippen LogP contribution in [-0.4, -0.2) is 24.1 Å². The minimum absolute atomic E-state index is 0.00453. The average Bonchev–Trinajstić information content (AvgIpc) is 2.99. The number of methoxy groups -OCH3 is 1. The van der Waals surface area contributed by atoms with Crippen LogP contribution in [0.15, 0.2) is 65.7 Å². The quantitative estimate of drug-likeness (QED) is 0.844. The predicted molar refractivity (Wildman–Crippen MR) is 106 cm³/mol. The van der Waals surface area contributed by atoms with E-state index < -0.39 is 0 Å². The maximum absolute atomic E-state index is 13.1. The standard InChI is InChI=1S/C23H26N2O2/c1-27-19-13-11-18(12-14-19)16-25-22(24-15-17-7-3-2-4-8-17)20-9-5-6-10-21(20)23(25)26/h2-4,7-8,11-14,22,24H,5-6,9-10,15-16H2,1H3. The zero-order valence-electron chi connectivity index (χ0n) is 15.8. The van der Waals surface area contributed by atoms with E-state index in [4.69, 9.17) is 4.74 Å². The number of carbonyl (C=O) groups is 1. The summed E-state index contributed by atoms with van der Waals surface area (Å²) in [5, 5.41) is 3.64. The van der Waals surface area contributed by atoms with E-state index in [0.717, 1.165) is 42.7 Å². The first-order chi connectivity index (χ1) is 13.3. The lowest BCUT2D eigenvalue weighted by Crippen LogP contribution is -2.44. The maximum atomic E-state index is 13.1. The van der Waals surface area contributed by atoms with Crippen molar-refractivity contribution >= 4 is 5.91 Å². The van der Waals surface area contributed by atoms with E-state index >= 15 is 0 Å². The summed E-state index contributed by atoms with van der Waals surface area (Å²) in [6.45, 7) is 1.37. The summed E-state index contributed by atoms with van der Waals surface area (Å²) in [7, 11) is 1.67. The molecule has 4 heteroatoms. The van der Waals surface area contributed by atoms with Crippen molar-refractivity contribution in [1.82, 2.24) is 10.2 Å². The molecule has 2 aliphatic rings. The van der Waals surface area contributed by atoms with Crippen molar-refractivity contribution in [2.75, 3.05) is 7.11 Å². The highest BCUT2D eigenvalue weighted by atomic mass is 16.5. The molecule has 1 heterocycles. The molecular formula is C23H26N2O2. The number of hydrogen-bond acceptors (Lipinski definition) is 3. The van der Waals surface area contributed by atoms with Crippen molar-refractivity contribution in [3.05, 3.63) is 76.9 Å². The van der Waals surface area contributed by atoms with Gasteiger partial charge >= 0.3 is 0 Å². The van der Waals surface area contributed by atoms with Crippen molar-refractivity contribution in [2.45, 2.75) is 44.9 Å². The highest BCUT2D eigenvalue weighted by Gasteiger charge is 2.39. The lowest BCUT2D eigenvalue weighted by molar-refractivity contribution is -0.128. The fourth-order valence-electron chi connectivity index (χ4n) is 4.09. The summed E-state index contributed by atoms with van der Waals surface area (Å²) in [5.41, 5.74) is 4.70. The molecule has 1 amide bonds. The first-order valence-corrected chi connectivity index (χ1v) is 9.69. The lowest BCUT2D eigenvalue weighted by Gasteiger charge is -2.28. The molecule has 0 bridgehead atoms. The van der Waals surface area contributed by atoms with Crippen LogP contribution < -0.4 is 10.1 Å². The second-order valence-electron chi connectivity index (χ2n) is 7.26. The fourth-order valence-corrected chi connectivity index (χ4v) is 4.09. The molecule has 27 heavy (non-hydrogen) atoms. The van der Waals surface area contributed by atoms with Gasteiger partial charge in [-0.2, -0.15) is 0 Å². The Bertz CT molecular complexity index is 827. The van der Waals surface area contributed by atoms with Crippen LogP contribution in [0.1, 0.15) is 36.8 Å². The first kappa shape index (κ1) is 17.8. The van der Waals surface area contributed by atoms with Crippen molar-refractivity contribution < 1.29 is 9.53 Å². The molecule has 140 valence electrons. The zero-order valence-corrected chi connectivity index (χ0v) is 15.8. The smallest absolute Gasteiger partial charge is 0.251 e. The van der Waals surface area contributed by atoms with Gasteiger partial charge in [0.1, 0.15) is 11.9 Å². The van der Waals surface area contributed by atoms with Crippen LogP contribution in [0.25, 0.3) is 0 Å². The maximum Gasteiger partial charge on any atom is 0.251 e. The van der Waals surface area contributed by atoms with Crippen LogP contribution >= 0.6 is 0 Å². The molecule has 1 aliphatic heterocycles. The van der Waals surface area contributed by atoms with Gasteiger partial charge in [-0.15, -0.1) is 0 Å². The van der Waals surface area contributed by atoms with Gasteiger partial charge in [-0.25, -0.2) is 0 Å². The molecule has 2 aromatic rings. The van der Waals surface area contributed by atoms with E-state index in [1.807, 2.05) is 35.2 Å². The number of rotatable bonds is 6. The van der Waals surface area contributed by atoms with Gasteiger partial charge < -0.3 is 9.64 Å². The van der Waals surface area contributed by atoms with Crippen LogP contribution in [0.4, 0.5) is 0 Å². The average molecular weight is 362 g/mol. The van der Waals surface area contributed by atoms with E-state index in [1.165, 1.54) is 17.6 Å². The molecule has 0 fully saturated rings. The van der Waals surface area contributed by atoms with Crippen molar-refractivity contribution in [1.29, 1.82) is 0 Å². The predicted octanol–water partition coefficient (Wildman–Crippen LogP) is 4.02. The number of nitrogens with one attached hydrogen (secondary N) is 1. The van der Waals surface area contributed by atoms with Gasteiger partial charge in [-0.1, -0.05) is 42.5 Å². The third-order valence-electron chi connectivity index (χ3n) is 5.53. The highest BCUT2D eigenvalue weighted by molar-refractivity contribution is 5.97. The molecule has 0 radical (unpaired) electrons. The molecule has 0 saturated carbocycles. The molecule has 0 saturated heterocycles. The molecule has 2 aromatic carbocycles. The number of carbonyl (C=O) groups excluding carboxylic acids is 1. The Morgan fingerprint density at radius 1 is 1.00 bits per heavy atom. The van der Waals surface area contributed by atoms with Crippen LogP contribution in [0.3, 0.4) is 0 Å². The summed E-state index contributed by atoms with van der Waals surface area (Å²) < 4.78 is 5.25. The van der Waals surface area contributed by atoms with Gasteiger partial charge in [0.25, 0.3) is 5.91 Å². The molecule has 4 rings (SSSR count). The van der Waals surface area contributed by atoms with Crippen molar-refractivity contribution in [3.8, 4) is 5.75 Å². The number of hydrogen-bond donors (Lipinski definition) is 1. The molecular weight excluding hydrogens is 336 g/mol. The molecule has 0 spiro atoms. The first-order valence-electron chi connectivity index (χ1n) is 9.69. The van der Waals surface area contributed by atoms with E-state index in [-0.39, 0.29) is 12.1 Å². The van der Waals surface area contributed by atoms with Crippen molar-refractivity contribution in [3.63, 3.8) is 0 Å². The Labute approximate surface area is 160 Å². The molecule has 4 nitrogen and oxygen atoms in total. The summed E-state index contributed by atoms with van der Waals surface area (Å²) in [5.74, 6) is 1.04. The van der Waals surface area contributed by atoms with Gasteiger partial charge in [0.15, 0.2) is 0 Å². The second-order valence-corrected chi connectivity index (χ2v) is 7.26. The van der Waals surface area contributed by atoms with E-state index in [0.29, 0.717) is 6.54 Å². The third kappa shape index (κ3) is 3.76. The Morgan fingerprint density at radius 2 is 1.74 bits per heavy atom. The van der Waals surface area contributed by atoms with E-state index in [9.17, 15) is 4.79 Å². The molecule has 1 atom stereocenters. The second kappa shape index (κ2) is 7.97. The lowest BCUT2D eigenvalue weighted by atomic mass is 9.92. The number of nitrogens with zero attached hydrogens (tertiary/aromatic N) is 1. The highest BCUT2D eigenvalue weighted by Crippen LogP contribution is 2.36. The van der Waals surface area contributed by atoms with Crippen LogP contribution in [-0.2, 0) is 17.9 Å². The topological polar surface area (TPSA) is 41.6 Å². The minimum atomic E-state index is -0.00453. The Kier molecular flexibility index (Phi) is 5.26. The Hall–Kier alpha value is -2.59. The van der Waals surface area contributed by atoms with Crippen LogP contribution in [0.2, 0.25) is 0 Å². The van der Waals surface area contributed by atoms with E-state index in [2.05, 4.69) is 29.6 Å². The van der Waals surface area contributed by atoms with E-state index in [1.54, 1.807) is 7.11 Å². The van der Waals surface area contributed by atoms with Gasteiger partial charge in [-0.3, -0.25) is 10.1 Å². The monoisotopic (exact) mass is 362 g/mol. The summed E-state index contributed by atoms with van der Waals surface area (Å²) in [4.78, 5) is 15.1.